The van der Waals surface area contributed by atoms with Crippen LogP contribution in [0.5, 0.6) is 0 Å². The second-order valence-electron chi connectivity index (χ2n) is 14.9. The number of allylic oxidation sites excluding steroid dienone is 4. The minimum Gasteiger partial charge on any atom is -0.465 e. The first kappa shape index (κ1) is 47.9. The van der Waals surface area contributed by atoms with Gasteiger partial charge in [-0.2, -0.15) is 0 Å². The largest absolute Gasteiger partial charge is 0.465 e. The van der Waals surface area contributed by atoms with Crippen LogP contribution < -0.4 is 0 Å². The van der Waals surface area contributed by atoms with Gasteiger partial charge in [-0.05, 0) is 103 Å². The van der Waals surface area contributed by atoms with Crippen LogP contribution >= 0.6 is 0 Å². The Balaban J connectivity index is 4.23. The zero-order chi connectivity index (χ0) is 35.7. The number of aliphatic hydroxyl groups is 1. The molecule has 0 spiro atoms. The maximum atomic E-state index is 13.0. The number of esters is 1. The highest BCUT2D eigenvalue weighted by Gasteiger charge is 2.19. The number of carbonyl (C=O) groups excluding carboxylic acids is 1. The number of carbonyl (C=O) groups is 1. The first-order valence-corrected chi connectivity index (χ1v) is 22.0. The zero-order valence-electron chi connectivity index (χ0n) is 33.6. The highest BCUT2D eigenvalue weighted by molar-refractivity contribution is 5.72. The molecule has 0 saturated carbocycles. The highest BCUT2D eigenvalue weighted by atomic mass is 16.5. The molecule has 0 heterocycles. The van der Waals surface area contributed by atoms with Crippen LogP contribution in [0, 0.1) is 5.92 Å². The second-order valence-corrected chi connectivity index (χ2v) is 14.9. The van der Waals surface area contributed by atoms with Crippen molar-refractivity contribution in [2.45, 2.75) is 220 Å². The summed E-state index contributed by atoms with van der Waals surface area (Å²) in [5, 5.41) is 9.12. The standard InChI is InChI=1S/C45H87NO3/c1-4-7-10-13-15-16-17-18-19-20-21-22-23-24-26-32-39-46(40-33-27-28-35-42-47)41-34-29-36-43-49-45(48)44(37-30-12-9-6-3)38-31-25-14-11-8-5-2/h15-16,18-19,44,47H,4-14,17,20-43H2,1-3H3/b16-15-,19-18-. The monoisotopic (exact) mass is 690 g/mol. The van der Waals surface area contributed by atoms with E-state index < -0.39 is 0 Å². The number of nitrogens with zero attached hydrogens (tertiary/aromatic N) is 1. The van der Waals surface area contributed by atoms with Crippen molar-refractivity contribution in [3.05, 3.63) is 24.3 Å². The summed E-state index contributed by atoms with van der Waals surface area (Å²) in [6, 6.07) is 0. The van der Waals surface area contributed by atoms with Gasteiger partial charge < -0.3 is 14.7 Å². The van der Waals surface area contributed by atoms with Crippen molar-refractivity contribution < 1.29 is 14.6 Å². The number of rotatable bonds is 40. The van der Waals surface area contributed by atoms with Crippen molar-refractivity contribution in [3.63, 3.8) is 0 Å². The third-order valence-corrected chi connectivity index (χ3v) is 10.1. The van der Waals surface area contributed by atoms with Crippen molar-refractivity contribution >= 4 is 5.97 Å². The van der Waals surface area contributed by atoms with Gasteiger partial charge in [-0.1, -0.05) is 161 Å². The van der Waals surface area contributed by atoms with Gasteiger partial charge in [0.25, 0.3) is 0 Å². The third-order valence-electron chi connectivity index (χ3n) is 10.1. The van der Waals surface area contributed by atoms with Gasteiger partial charge in [-0.15, -0.1) is 0 Å². The number of hydrogen-bond acceptors (Lipinski definition) is 4. The predicted molar refractivity (Wildman–Crippen MR) is 216 cm³/mol. The molecule has 1 atom stereocenters. The Bertz CT molecular complexity index is 705. The Hall–Kier alpha value is -1.13. The third kappa shape index (κ3) is 36.5. The summed E-state index contributed by atoms with van der Waals surface area (Å²) in [5.41, 5.74) is 0. The molecule has 0 aromatic carbocycles. The Labute approximate surface area is 307 Å². The van der Waals surface area contributed by atoms with E-state index in [1.807, 2.05) is 0 Å². The molecule has 0 aliphatic rings. The average Bonchev–Trinajstić information content (AvgIpc) is 3.11. The molecule has 1 N–H and O–H groups in total. The lowest BCUT2D eigenvalue weighted by Crippen LogP contribution is -2.27. The fraction of sp³-hybridized carbons (Fsp3) is 0.889. The Morgan fingerprint density at radius 3 is 1.47 bits per heavy atom. The lowest BCUT2D eigenvalue weighted by Gasteiger charge is -2.22. The number of ether oxygens (including phenoxy) is 1. The van der Waals surface area contributed by atoms with Crippen molar-refractivity contribution in [2.24, 2.45) is 5.92 Å². The van der Waals surface area contributed by atoms with Crippen molar-refractivity contribution in [3.8, 4) is 0 Å². The van der Waals surface area contributed by atoms with E-state index in [0.717, 1.165) is 57.9 Å². The van der Waals surface area contributed by atoms with Crippen LogP contribution in [-0.4, -0.2) is 48.8 Å². The molecule has 0 radical (unpaired) electrons. The summed E-state index contributed by atoms with van der Waals surface area (Å²) in [5.74, 6) is 0.186. The summed E-state index contributed by atoms with van der Waals surface area (Å²) < 4.78 is 5.85. The van der Waals surface area contributed by atoms with Crippen molar-refractivity contribution in [1.29, 1.82) is 0 Å². The second kappa shape index (κ2) is 41.3. The van der Waals surface area contributed by atoms with Gasteiger partial charge in [0, 0.05) is 6.61 Å². The van der Waals surface area contributed by atoms with Crippen LogP contribution in [0.1, 0.15) is 220 Å². The summed E-state index contributed by atoms with van der Waals surface area (Å²) in [7, 11) is 0. The van der Waals surface area contributed by atoms with Crippen LogP contribution in [0.15, 0.2) is 24.3 Å². The molecule has 0 aliphatic heterocycles. The minimum absolute atomic E-state index is 0.0759. The van der Waals surface area contributed by atoms with E-state index in [2.05, 4.69) is 50.0 Å². The van der Waals surface area contributed by atoms with Crippen LogP contribution in [0.25, 0.3) is 0 Å². The van der Waals surface area contributed by atoms with E-state index in [0.29, 0.717) is 13.2 Å². The van der Waals surface area contributed by atoms with E-state index in [1.54, 1.807) is 0 Å². The fourth-order valence-electron chi connectivity index (χ4n) is 6.73. The van der Waals surface area contributed by atoms with Crippen molar-refractivity contribution in [2.75, 3.05) is 32.8 Å². The molecular formula is C45H87NO3. The predicted octanol–water partition coefficient (Wildman–Crippen LogP) is 13.7. The molecule has 0 aromatic heterocycles. The van der Waals surface area contributed by atoms with Crippen molar-refractivity contribution in [1.82, 2.24) is 4.90 Å². The van der Waals surface area contributed by atoms with Crippen LogP contribution in [0.4, 0.5) is 0 Å². The molecule has 0 bridgehead atoms. The number of aliphatic hydroxyl groups excluding tert-OH is 1. The molecule has 0 saturated heterocycles. The van der Waals surface area contributed by atoms with Gasteiger partial charge in [-0.25, -0.2) is 0 Å². The Morgan fingerprint density at radius 1 is 0.510 bits per heavy atom. The molecule has 4 heteroatoms. The summed E-state index contributed by atoms with van der Waals surface area (Å²) in [6.45, 7) is 11.2. The van der Waals surface area contributed by atoms with Gasteiger partial charge in [0.2, 0.25) is 0 Å². The van der Waals surface area contributed by atoms with Crippen LogP contribution in [0.3, 0.4) is 0 Å². The molecule has 0 aliphatic carbocycles. The molecule has 290 valence electrons. The molecular weight excluding hydrogens is 602 g/mol. The maximum absolute atomic E-state index is 13.0. The van der Waals surface area contributed by atoms with Gasteiger partial charge in [0.1, 0.15) is 0 Å². The number of hydrogen-bond donors (Lipinski definition) is 1. The first-order valence-electron chi connectivity index (χ1n) is 22.0. The molecule has 4 nitrogen and oxygen atoms in total. The Kier molecular flexibility index (Phi) is 40.3. The molecule has 0 rings (SSSR count). The van der Waals surface area contributed by atoms with E-state index >= 15 is 0 Å². The Morgan fingerprint density at radius 2 is 0.918 bits per heavy atom. The summed E-state index contributed by atoms with van der Waals surface area (Å²) >= 11 is 0. The fourth-order valence-corrected chi connectivity index (χ4v) is 6.73. The zero-order valence-corrected chi connectivity index (χ0v) is 33.6. The van der Waals surface area contributed by atoms with Crippen LogP contribution in [-0.2, 0) is 9.53 Å². The SMILES string of the molecule is CCCCC/C=C\C/C=C\CCCCCCCCN(CCCCCCO)CCCCCOC(=O)C(CCCCCC)CCCCCCCC. The quantitative estimate of drug-likeness (QED) is 0.0395. The van der Waals surface area contributed by atoms with E-state index in [1.165, 1.54) is 161 Å². The molecule has 0 fully saturated rings. The normalized spacial score (nSPS) is 12.6. The lowest BCUT2D eigenvalue weighted by molar-refractivity contribution is -0.149. The number of unbranched alkanes of at least 4 members (excludes halogenated alkanes) is 22. The lowest BCUT2D eigenvalue weighted by atomic mass is 9.94. The molecule has 0 aromatic rings. The van der Waals surface area contributed by atoms with Crippen LogP contribution in [0.2, 0.25) is 0 Å². The van der Waals surface area contributed by atoms with E-state index in [9.17, 15) is 4.79 Å². The van der Waals surface area contributed by atoms with Gasteiger partial charge >= 0.3 is 5.97 Å². The molecule has 1 unspecified atom stereocenters. The van der Waals surface area contributed by atoms with Gasteiger partial charge in [0.15, 0.2) is 0 Å². The smallest absolute Gasteiger partial charge is 0.308 e. The molecule has 0 amide bonds. The highest BCUT2D eigenvalue weighted by Crippen LogP contribution is 2.21. The summed E-state index contributed by atoms with van der Waals surface area (Å²) in [4.78, 5) is 15.7. The molecule has 49 heavy (non-hydrogen) atoms. The topological polar surface area (TPSA) is 49.8 Å². The van der Waals surface area contributed by atoms with Gasteiger partial charge in [0.05, 0.1) is 12.5 Å². The summed E-state index contributed by atoms with van der Waals surface area (Å²) in [6.07, 6.45) is 47.4. The van der Waals surface area contributed by atoms with E-state index in [-0.39, 0.29) is 11.9 Å². The first-order chi connectivity index (χ1) is 24.2. The minimum atomic E-state index is 0.0759. The van der Waals surface area contributed by atoms with Gasteiger partial charge in [-0.3, -0.25) is 4.79 Å². The average molecular weight is 690 g/mol. The van der Waals surface area contributed by atoms with E-state index in [4.69, 9.17) is 9.84 Å². The maximum Gasteiger partial charge on any atom is 0.308 e.